The molecule has 1 aromatic heterocycles. The largest absolute Gasteiger partial charge is 0.477 e. The maximum atomic E-state index is 13.3. The summed E-state index contributed by atoms with van der Waals surface area (Å²) >= 11 is 12.1. The van der Waals surface area contributed by atoms with Gasteiger partial charge < -0.3 is 9.67 Å². The average molecular weight is 452 g/mol. The number of benzene rings is 2. The third-order valence-corrected chi connectivity index (χ3v) is 5.64. The molecule has 0 saturated heterocycles. The van der Waals surface area contributed by atoms with E-state index in [2.05, 4.69) is 0 Å². The Labute approximate surface area is 181 Å². The van der Waals surface area contributed by atoms with Crippen LogP contribution in [-0.2, 0) is 6.54 Å². The first kappa shape index (κ1) is 22.0. The normalized spacial score (nSPS) is 11.2. The van der Waals surface area contributed by atoms with Gasteiger partial charge in [0.25, 0.3) is 6.43 Å². The molecule has 0 aliphatic rings. The fourth-order valence-electron chi connectivity index (χ4n) is 3.51. The Morgan fingerprint density at radius 2 is 1.67 bits per heavy atom. The molecule has 0 aliphatic carbocycles. The number of hydrogen-bond acceptors (Lipinski definition) is 2. The van der Waals surface area contributed by atoms with Crippen LogP contribution in [0.2, 0.25) is 10.0 Å². The lowest BCUT2D eigenvalue weighted by Crippen LogP contribution is -2.25. The molecule has 0 unspecified atom stereocenters. The summed E-state index contributed by atoms with van der Waals surface area (Å²) in [7, 11) is 0. The topological polar surface area (TPSA) is 59.3 Å². The highest BCUT2D eigenvalue weighted by molar-refractivity contribution is 6.42. The first-order chi connectivity index (χ1) is 14.2. The van der Waals surface area contributed by atoms with Crippen LogP contribution in [0.1, 0.15) is 35.0 Å². The molecule has 0 aliphatic heterocycles. The highest BCUT2D eigenvalue weighted by Gasteiger charge is 2.26. The molecule has 2 aromatic carbocycles. The summed E-state index contributed by atoms with van der Waals surface area (Å²) in [6, 6.07) is 9.88. The van der Waals surface area contributed by atoms with Crippen molar-refractivity contribution in [1.29, 1.82) is 0 Å². The number of halogens is 4. The number of carbonyl (C=O) groups is 1. The number of hydrogen-bond donors (Lipinski definition) is 1. The molecule has 0 bridgehead atoms. The van der Waals surface area contributed by atoms with Crippen LogP contribution in [-0.4, -0.2) is 15.6 Å². The Kier molecular flexibility index (Phi) is 6.29. The van der Waals surface area contributed by atoms with Gasteiger partial charge in [0.1, 0.15) is 5.56 Å². The molecule has 1 N–H and O–H groups in total. The van der Waals surface area contributed by atoms with Gasteiger partial charge in [0.2, 0.25) is 5.43 Å². The molecular weight excluding hydrogens is 435 g/mol. The van der Waals surface area contributed by atoms with Crippen LogP contribution in [0.3, 0.4) is 0 Å². The number of rotatable bonds is 5. The predicted octanol–water partition coefficient (Wildman–Crippen LogP) is 6.45. The van der Waals surface area contributed by atoms with Crippen molar-refractivity contribution >= 4 is 29.2 Å². The summed E-state index contributed by atoms with van der Waals surface area (Å²) in [4.78, 5) is 25.4. The molecule has 3 aromatic rings. The Morgan fingerprint density at radius 1 is 1.07 bits per heavy atom. The lowest BCUT2D eigenvalue weighted by Gasteiger charge is -2.21. The summed E-state index contributed by atoms with van der Waals surface area (Å²) in [6.07, 6.45) is -2.64. The average Bonchev–Trinajstić information content (AvgIpc) is 2.69. The molecule has 30 heavy (non-hydrogen) atoms. The van der Waals surface area contributed by atoms with Crippen molar-refractivity contribution in [3.05, 3.63) is 79.6 Å². The van der Waals surface area contributed by atoms with Crippen LogP contribution in [0.5, 0.6) is 0 Å². The first-order valence-corrected chi connectivity index (χ1v) is 9.77. The van der Waals surface area contributed by atoms with Crippen molar-refractivity contribution in [2.24, 2.45) is 0 Å². The monoisotopic (exact) mass is 451 g/mol. The van der Waals surface area contributed by atoms with E-state index in [1.807, 2.05) is 6.92 Å². The van der Waals surface area contributed by atoms with Gasteiger partial charge in [-0.2, -0.15) is 0 Å². The van der Waals surface area contributed by atoms with Gasteiger partial charge in [-0.3, -0.25) is 4.79 Å². The maximum Gasteiger partial charge on any atom is 0.341 e. The van der Waals surface area contributed by atoms with Crippen LogP contribution in [0.4, 0.5) is 8.78 Å². The van der Waals surface area contributed by atoms with Gasteiger partial charge >= 0.3 is 5.97 Å². The lowest BCUT2D eigenvalue weighted by molar-refractivity contribution is 0.0695. The number of pyridine rings is 1. The lowest BCUT2D eigenvalue weighted by atomic mass is 9.95. The molecule has 0 spiro atoms. The van der Waals surface area contributed by atoms with Gasteiger partial charge in [-0.25, -0.2) is 13.6 Å². The summed E-state index contributed by atoms with van der Waals surface area (Å²) in [5.41, 5.74) is 0.370. The molecule has 0 saturated carbocycles. The second-order valence-electron chi connectivity index (χ2n) is 6.61. The molecule has 8 heteroatoms. The van der Waals surface area contributed by atoms with Gasteiger partial charge in [0.15, 0.2) is 0 Å². The molecule has 0 atom stereocenters. The van der Waals surface area contributed by atoms with Crippen molar-refractivity contribution in [2.75, 3.05) is 0 Å². The van der Waals surface area contributed by atoms with Crippen LogP contribution >= 0.6 is 23.2 Å². The van der Waals surface area contributed by atoms with E-state index in [0.717, 1.165) is 0 Å². The summed E-state index contributed by atoms with van der Waals surface area (Å²) < 4.78 is 27.5. The zero-order valence-electron chi connectivity index (χ0n) is 16.0. The number of carboxylic acid groups (broad SMARTS) is 1. The minimum absolute atomic E-state index is 0.152. The van der Waals surface area contributed by atoms with E-state index in [0.29, 0.717) is 28.4 Å². The van der Waals surface area contributed by atoms with Crippen molar-refractivity contribution in [3.63, 3.8) is 0 Å². The zero-order chi connectivity index (χ0) is 22.2. The van der Waals surface area contributed by atoms with E-state index < -0.39 is 23.4 Å². The SMILES string of the molecule is CCn1c(C)c(-c2ccc(C(F)F)cc2)c(=O)c(C(=O)O)c1-c1ccc(Cl)c(Cl)c1. The van der Waals surface area contributed by atoms with Gasteiger partial charge in [-0.1, -0.05) is 53.5 Å². The molecule has 0 radical (unpaired) electrons. The molecule has 1 heterocycles. The number of carboxylic acids is 1. The predicted molar refractivity (Wildman–Crippen MR) is 114 cm³/mol. The molecule has 3 rings (SSSR count). The number of nitrogens with zero attached hydrogens (tertiary/aromatic N) is 1. The smallest absolute Gasteiger partial charge is 0.341 e. The van der Waals surface area contributed by atoms with Crippen LogP contribution in [0, 0.1) is 6.92 Å². The first-order valence-electron chi connectivity index (χ1n) is 9.01. The van der Waals surface area contributed by atoms with E-state index in [1.165, 1.54) is 36.4 Å². The molecule has 0 fully saturated rings. The van der Waals surface area contributed by atoms with Crippen molar-refractivity contribution in [2.45, 2.75) is 26.8 Å². The Bertz CT molecular complexity index is 1190. The van der Waals surface area contributed by atoms with Gasteiger partial charge in [0.05, 0.1) is 15.7 Å². The fraction of sp³-hybridized carbons (Fsp3) is 0.182. The Morgan fingerprint density at radius 3 is 2.17 bits per heavy atom. The number of aromatic nitrogens is 1. The second kappa shape index (κ2) is 8.58. The van der Waals surface area contributed by atoms with Crippen molar-refractivity contribution in [3.8, 4) is 22.4 Å². The zero-order valence-corrected chi connectivity index (χ0v) is 17.6. The van der Waals surface area contributed by atoms with E-state index >= 15 is 0 Å². The van der Waals surface area contributed by atoms with Crippen LogP contribution in [0.25, 0.3) is 22.4 Å². The van der Waals surface area contributed by atoms with Crippen LogP contribution in [0.15, 0.2) is 47.3 Å². The number of alkyl halides is 2. The minimum atomic E-state index is -2.64. The standard InChI is InChI=1S/C22H17Cl2F2NO3/c1-3-27-11(2)17(12-4-6-13(7-5-12)21(25)26)20(28)18(22(29)30)19(27)14-8-9-15(23)16(24)10-14/h4-10,21H,3H2,1-2H3,(H,29,30). The van der Waals surface area contributed by atoms with Gasteiger partial charge in [-0.05, 0) is 31.5 Å². The highest BCUT2D eigenvalue weighted by atomic mass is 35.5. The third-order valence-electron chi connectivity index (χ3n) is 4.90. The maximum absolute atomic E-state index is 13.3. The minimum Gasteiger partial charge on any atom is -0.477 e. The van der Waals surface area contributed by atoms with Crippen molar-refractivity contribution < 1.29 is 18.7 Å². The fourth-order valence-corrected chi connectivity index (χ4v) is 3.81. The van der Waals surface area contributed by atoms with E-state index in [-0.39, 0.29) is 21.8 Å². The molecular formula is C22H17Cl2F2NO3. The molecule has 0 amide bonds. The quantitative estimate of drug-likeness (QED) is 0.484. The molecule has 4 nitrogen and oxygen atoms in total. The highest BCUT2D eigenvalue weighted by Crippen LogP contribution is 2.33. The van der Waals surface area contributed by atoms with Gasteiger partial charge in [-0.15, -0.1) is 0 Å². The van der Waals surface area contributed by atoms with E-state index in [4.69, 9.17) is 23.2 Å². The molecule has 156 valence electrons. The summed E-state index contributed by atoms with van der Waals surface area (Å²) in [6.45, 7) is 3.87. The third kappa shape index (κ3) is 3.85. The van der Waals surface area contributed by atoms with Crippen molar-refractivity contribution in [1.82, 2.24) is 4.57 Å². The Hall–Kier alpha value is -2.70. The van der Waals surface area contributed by atoms with Gasteiger partial charge in [0, 0.05) is 28.9 Å². The second-order valence-corrected chi connectivity index (χ2v) is 7.43. The van der Waals surface area contributed by atoms with E-state index in [9.17, 15) is 23.5 Å². The Balaban J connectivity index is 2.38. The van der Waals surface area contributed by atoms with E-state index in [1.54, 1.807) is 17.6 Å². The van der Waals surface area contributed by atoms with Crippen LogP contribution < -0.4 is 5.43 Å². The summed E-state index contributed by atoms with van der Waals surface area (Å²) in [5.74, 6) is -1.39. The summed E-state index contributed by atoms with van der Waals surface area (Å²) in [5, 5.41) is 10.4. The number of aromatic carboxylic acids is 1.